The van der Waals surface area contributed by atoms with Gasteiger partial charge in [-0.05, 0) is 20.8 Å². The zero-order valence-electron chi connectivity index (χ0n) is 14.0. The molecule has 2 aliphatic rings. The quantitative estimate of drug-likeness (QED) is 0.706. The number of alkyl halides is 3. The van der Waals surface area contributed by atoms with Crippen LogP contribution in [0.15, 0.2) is 0 Å². The van der Waals surface area contributed by atoms with Crippen LogP contribution in [0.1, 0.15) is 27.2 Å². The van der Waals surface area contributed by atoms with E-state index in [1.54, 1.807) is 4.90 Å². The molecule has 1 unspecified atom stereocenters. The van der Waals surface area contributed by atoms with Crippen LogP contribution >= 0.6 is 0 Å². The molecule has 2 fully saturated rings. The minimum atomic E-state index is -4.89. The Bertz CT molecular complexity index is 534. The Morgan fingerprint density at radius 3 is 1.92 bits per heavy atom. The van der Waals surface area contributed by atoms with Crippen LogP contribution in [0.5, 0.6) is 0 Å². The summed E-state index contributed by atoms with van der Waals surface area (Å²) in [4.78, 5) is 39.6. The number of hydrogen-bond donors (Lipinski definition) is 0. The molecule has 2 heterocycles. The Morgan fingerprint density at radius 1 is 1.00 bits per heavy atom. The highest BCUT2D eigenvalue weighted by Crippen LogP contribution is 2.27. The van der Waals surface area contributed by atoms with Crippen LogP contribution in [0.2, 0.25) is 0 Å². The molecule has 0 N–H and O–H groups in total. The van der Waals surface area contributed by atoms with Gasteiger partial charge in [-0.15, -0.1) is 0 Å². The lowest BCUT2D eigenvalue weighted by Gasteiger charge is -2.36. The van der Waals surface area contributed by atoms with Crippen molar-refractivity contribution < 1.29 is 27.6 Å². The Labute approximate surface area is 138 Å². The van der Waals surface area contributed by atoms with Crippen molar-refractivity contribution in [3.8, 4) is 0 Å². The van der Waals surface area contributed by atoms with Gasteiger partial charge in [0.1, 0.15) is 0 Å². The first kappa shape index (κ1) is 18.5. The van der Waals surface area contributed by atoms with Gasteiger partial charge in [0.25, 0.3) is 0 Å². The third-order valence-corrected chi connectivity index (χ3v) is 4.41. The summed E-state index contributed by atoms with van der Waals surface area (Å²) in [5, 5.41) is 0. The molecule has 0 spiro atoms. The predicted molar refractivity (Wildman–Crippen MR) is 78.8 cm³/mol. The monoisotopic (exact) mass is 349 g/mol. The molecule has 2 rings (SSSR count). The SMILES string of the molecule is CC(C)(C)N1CC(C(=O)N2CCN(C(=O)C(F)(F)F)CC2)CC1=O. The first-order valence-corrected chi connectivity index (χ1v) is 7.86. The highest BCUT2D eigenvalue weighted by Gasteiger charge is 2.45. The highest BCUT2D eigenvalue weighted by atomic mass is 19.4. The van der Waals surface area contributed by atoms with Crippen molar-refractivity contribution in [1.82, 2.24) is 14.7 Å². The van der Waals surface area contributed by atoms with Crippen LogP contribution in [0, 0.1) is 5.92 Å². The van der Waals surface area contributed by atoms with Crippen LogP contribution in [-0.2, 0) is 14.4 Å². The first-order chi connectivity index (χ1) is 10.9. The number of hydrogen-bond acceptors (Lipinski definition) is 3. The Morgan fingerprint density at radius 2 is 1.50 bits per heavy atom. The summed E-state index contributed by atoms with van der Waals surface area (Å²) in [6, 6.07) is 0. The van der Waals surface area contributed by atoms with E-state index in [0.717, 1.165) is 0 Å². The van der Waals surface area contributed by atoms with E-state index >= 15 is 0 Å². The fourth-order valence-electron chi connectivity index (χ4n) is 3.09. The first-order valence-electron chi connectivity index (χ1n) is 7.86. The molecule has 0 aliphatic carbocycles. The molecular formula is C15H22F3N3O3. The van der Waals surface area contributed by atoms with Gasteiger partial charge >= 0.3 is 12.1 Å². The third kappa shape index (κ3) is 3.81. The van der Waals surface area contributed by atoms with Crippen molar-refractivity contribution in [3.05, 3.63) is 0 Å². The molecule has 24 heavy (non-hydrogen) atoms. The smallest absolute Gasteiger partial charge is 0.339 e. The maximum atomic E-state index is 12.5. The van der Waals surface area contributed by atoms with Crippen molar-refractivity contribution in [3.63, 3.8) is 0 Å². The van der Waals surface area contributed by atoms with E-state index in [0.29, 0.717) is 11.4 Å². The number of nitrogens with zero attached hydrogens (tertiary/aromatic N) is 3. The molecule has 6 nitrogen and oxygen atoms in total. The fourth-order valence-corrected chi connectivity index (χ4v) is 3.09. The summed E-state index contributed by atoms with van der Waals surface area (Å²) in [6.45, 7) is 5.81. The van der Waals surface area contributed by atoms with Crippen LogP contribution in [-0.4, -0.2) is 76.9 Å². The van der Waals surface area contributed by atoms with Gasteiger partial charge in [0.15, 0.2) is 0 Å². The van der Waals surface area contributed by atoms with Gasteiger partial charge in [-0.1, -0.05) is 0 Å². The fraction of sp³-hybridized carbons (Fsp3) is 0.800. The second-order valence-corrected chi connectivity index (χ2v) is 7.19. The molecule has 2 aliphatic heterocycles. The van der Waals surface area contributed by atoms with Gasteiger partial charge in [0.2, 0.25) is 11.8 Å². The maximum Gasteiger partial charge on any atom is 0.471 e. The van der Waals surface area contributed by atoms with E-state index in [2.05, 4.69) is 0 Å². The standard InChI is InChI=1S/C15H22F3N3O3/c1-14(2,3)21-9-10(8-11(21)22)12(23)19-4-6-20(7-5-19)13(24)15(16,17)18/h10H,4-9H2,1-3H3. The Hall–Kier alpha value is -1.80. The third-order valence-electron chi connectivity index (χ3n) is 4.41. The molecule has 0 saturated carbocycles. The van der Waals surface area contributed by atoms with Crippen molar-refractivity contribution in [1.29, 1.82) is 0 Å². The minimum Gasteiger partial charge on any atom is -0.339 e. The average Bonchev–Trinajstić information content (AvgIpc) is 2.87. The normalized spacial score (nSPS) is 23.0. The van der Waals surface area contributed by atoms with Crippen molar-refractivity contribution in [2.75, 3.05) is 32.7 Å². The Kier molecular flexibility index (Phi) is 4.83. The summed E-state index contributed by atoms with van der Waals surface area (Å²) in [5.74, 6) is -2.66. The molecule has 2 saturated heterocycles. The molecule has 0 aromatic heterocycles. The van der Waals surface area contributed by atoms with Crippen LogP contribution < -0.4 is 0 Å². The summed E-state index contributed by atoms with van der Waals surface area (Å²) >= 11 is 0. The van der Waals surface area contributed by atoms with E-state index in [9.17, 15) is 27.6 Å². The molecule has 9 heteroatoms. The second-order valence-electron chi connectivity index (χ2n) is 7.19. The summed E-state index contributed by atoms with van der Waals surface area (Å²) < 4.78 is 37.3. The zero-order valence-corrected chi connectivity index (χ0v) is 14.0. The van der Waals surface area contributed by atoms with E-state index in [1.807, 2.05) is 20.8 Å². The predicted octanol–water partition coefficient (Wildman–Crippen LogP) is 0.866. The summed E-state index contributed by atoms with van der Waals surface area (Å²) in [5.41, 5.74) is -0.371. The van der Waals surface area contributed by atoms with Crippen molar-refractivity contribution in [2.45, 2.75) is 38.9 Å². The lowest BCUT2D eigenvalue weighted by atomic mass is 10.1. The lowest BCUT2D eigenvalue weighted by molar-refractivity contribution is -0.187. The van der Waals surface area contributed by atoms with Gasteiger partial charge in [-0.2, -0.15) is 13.2 Å². The summed E-state index contributed by atoms with van der Waals surface area (Å²) in [6.07, 6.45) is -4.77. The van der Waals surface area contributed by atoms with Crippen LogP contribution in [0.4, 0.5) is 13.2 Å². The topological polar surface area (TPSA) is 60.9 Å². The van der Waals surface area contributed by atoms with E-state index < -0.39 is 18.0 Å². The zero-order chi connectivity index (χ0) is 18.3. The van der Waals surface area contributed by atoms with Gasteiger partial charge in [-0.25, -0.2) is 0 Å². The van der Waals surface area contributed by atoms with Gasteiger partial charge in [0.05, 0.1) is 5.92 Å². The van der Waals surface area contributed by atoms with Gasteiger partial charge in [0, 0.05) is 44.7 Å². The molecular weight excluding hydrogens is 327 g/mol. The molecule has 3 amide bonds. The number of amides is 3. The number of halogens is 3. The lowest BCUT2D eigenvalue weighted by Crippen LogP contribution is -2.54. The van der Waals surface area contributed by atoms with E-state index in [-0.39, 0.29) is 50.0 Å². The highest BCUT2D eigenvalue weighted by molar-refractivity contribution is 5.90. The molecule has 0 radical (unpaired) electrons. The average molecular weight is 349 g/mol. The number of rotatable bonds is 1. The molecule has 0 aromatic rings. The number of carbonyl (C=O) groups excluding carboxylic acids is 3. The van der Waals surface area contributed by atoms with E-state index in [4.69, 9.17) is 0 Å². The largest absolute Gasteiger partial charge is 0.471 e. The van der Waals surface area contributed by atoms with Crippen molar-refractivity contribution in [2.24, 2.45) is 5.92 Å². The number of carbonyl (C=O) groups is 3. The van der Waals surface area contributed by atoms with Gasteiger partial charge < -0.3 is 14.7 Å². The molecule has 0 aromatic carbocycles. The molecule has 136 valence electrons. The number of piperazine rings is 1. The van der Waals surface area contributed by atoms with Crippen molar-refractivity contribution >= 4 is 17.7 Å². The second kappa shape index (κ2) is 6.25. The van der Waals surface area contributed by atoms with Crippen LogP contribution in [0.3, 0.4) is 0 Å². The molecule has 0 bridgehead atoms. The Balaban J connectivity index is 1.92. The van der Waals surface area contributed by atoms with Gasteiger partial charge in [-0.3, -0.25) is 14.4 Å². The maximum absolute atomic E-state index is 12.5. The molecule has 1 atom stereocenters. The van der Waals surface area contributed by atoms with Crippen LogP contribution in [0.25, 0.3) is 0 Å². The minimum absolute atomic E-state index is 0.0564. The van der Waals surface area contributed by atoms with E-state index in [1.165, 1.54) is 4.90 Å². The summed E-state index contributed by atoms with van der Waals surface area (Å²) in [7, 11) is 0. The number of likely N-dealkylation sites (tertiary alicyclic amines) is 1.